The molecule has 0 spiro atoms. The second-order valence-corrected chi connectivity index (χ2v) is 9.97. The first kappa shape index (κ1) is 26.6. The van der Waals surface area contributed by atoms with Crippen molar-refractivity contribution in [1.82, 2.24) is 4.98 Å². The van der Waals surface area contributed by atoms with Gasteiger partial charge in [0, 0.05) is 35.2 Å². The molecule has 194 valence electrons. The van der Waals surface area contributed by atoms with Crippen molar-refractivity contribution in [3.8, 4) is 0 Å². The quantitative estimate of drug-likeness (QED) is 0.367. The molecule has 1 fully saturated rings. The summed E-state index contributed by atoms with van der Waals surface area (Å²) < 4.78 is 15.3. The molecule has 0 unspecified atom stereocenters. The van der Waals surface area contributed by atoms with Crippen LogP contribution in [0.2, 0.25) is 0 Å². The van der Waals surface area contributed by atoms with Gasteiger partial charge in [-0.2, -0.15) is 0 Å². The molecule has 2 amide bonds. The van der Waals surface area contributed by atoms with Crippen molar-refractivity contribution in [2.75, 3.05) is 16.8 Å². The van der Waals surface area contributed by atoms with Crippen LogP contribution >= 0.6 is 12.4 Å². The predicted molar refractivity (Wildman–Crippen MR) is 148 cm³/mol. The monoisotopic (exact) mass is 522 g/mol. The van der Waals surface area contributed by atoms with E-state index >= 15 is 4.39 Å². The topological polar surface area (TPSA) is 91.2 Å². The third-order valence-corrected chi connectivity index (χ3v) is 7.23. The smallest absolute Gasteiger partial charge is 0.259 e. The highest BCUT2D eigenvalue weighted by Gasteiger charge is 2.36. The molecule has 2 aromatic carbocycles. The lowest BCUT2D eigenvalue weighted by atomic mass is 9.86. The number of hydrogen-bond donors (Lipinski definition) is 3. The Morgan fingerprint density at radius 2 is 1.84 bits per heavy atom. The Morgan fingerprint density at radius 1 is 1.14 bits per heavy atom. The lowest BCUT2D eigenvalue weighted by Gasteiger charge is -2.30. The molecule has 0 bridgehead atoms. The van der Waals surface area contributed by atoms with Crippen molar-refractivity contribution >= 4 is 47.2 Å². The van der Waals surface area contributed by atoms with E-state index in [1.165, 1.54) is 12.1 Å². The standard InChI is InChI=1S/C29H31FN4O2.ClH/c1-17-12-18(2)32-26(17)14-23-22-13-25(30)24(28(35)33-21-6-4-3-5-7-21)15-27(22)34(29(23)36)16-19-8-10-20(31)11-9-19;/h3-7,12-15,19-20,32H,8-11,16,31H2,1-2H3,(H,33,35);1H/b23-14-;. The van der Waals surface area contributed by atoms with Crippen LogP contribution in [-0.4, -0.2) is 29.4 Å². The molecular formula is C29H32ClFN4O2. The van der Waals surface area contributed by atoms with E-state index in [4.69, 9.17) is 5.73 Å². The molecule has 5 rings (SSSR count). The lowest BCUT2D eigenvalue weighted by molar-refractivity contribution is -0.113. The average molecular weight is 523 g/mol. The number of nitrogens with two attached hydrogens (primary N) is 1. The number of aromatic amines is 1. The fourth-order valence-corrected chi connectivity index (χ4v) is 5.26. The summed E-state index contributed by atoms with van der Waals surface area (Å²) in [6.45, 7) is 4.44. The SMILES string of the molecule is Cc1cc(C)c(/C=C2\C(=O)N(CC3CCC(N)CC3)c3cc(C(=O)Nc4ccccc4)c(F)cc32)[nH]1.Cl. The number of aromatic nitrogens is 1. The zero-order chi connectivity index (χ0) is 25.4. The molecule has 2 heterocycles. The summed E-state index contributed by atoms with van der Waals surface area (Å²) in [7, 11) is 0. The second-order valence-electron chi connectivity index (χ2n) is 9.97. The van der Waals surface area contributed by atoms with Crippen LogP contribution in [0, 0.1) is 25.6 Å². The highest BCUT2D eigenvalue weighted by molar-refractivity contribution is 6.36. The van der Waals surface area contributed by atoms with Crippen LogP contribution < -0.4 is 16.0 Å². The van der Waals surface area contributed by atoms with Crippen LogP contribution in [0.15, 0.2) is 48.5 Å². The van der Waals surface area contributed by atoms with E-state index in [-0.39, 0.29) is 29.9 Å². The number of nitrogens with one attached hydrogen (secondary N) is 2. The van der Waals surface area contributed by atoms with Gasteiger partial charge >= 0.3 is 0 Å². The molecule has 6 nitrogen and oxygen atoms in total. The molecule has 1 aromatic heterocycles. The zero-order valence-electron chi connectivity index (χ0n) is 21.0. The number of nitrogens with zero attached hydrogens (tertiary/aromatic N) is 1. The molecule has 3 aromatic rings. The van der Waals surface area contributed by atoms with Crippen LogP contribution in [0.1, 0.15) is 58.6 Å². The number of amides is 2. The Labute approximate surface area is 222 Å². The van der Waals surface area contributed by atoms with Gasteiger partial charge in [0.05, 0.1) is 16.8 Å². The van der Waals surface area contributed by atoms with Crippen LogP contribution in [0.3, 0.4) is 0 Å². The number of carbonyl (C=O) groups is 2. The van der Waals surface area contributed by atoms with Crippen molar-refractivity contribution in [2.45, 2.75) is 45.6 Å². The molecule has 0 saturated heterocycles. The molecule has 8 heteroatoms. The van der Waals surface area contributed by atoms with Crippen LogP contribution in [0.5, 0.6) is 0 Å². The summed E-state index contributed by atoms with van der Waals surface area (Å²) in [4.78, 5) is 31.7. The normalized spacial score (nSPS) is 20.1. The molecule has 1 saturated carbocycles. The van der Waals surface area contributed by atoms with E-state index in [1.54, 1.807) is 35.2 Å². The second kappa shape index (κ2) is 10.9. The summed E-state index contributed by atoms with van der Waals surface area (Å²) in [6.07, 6.45) is 5.53. The summed E-state index contributed by atoms with van der Waals surface area (Å²) in [5.74, 6) is -1.08. The fourth-order valence-electron chi connectivity index (χ4n) is 5.26. The van der Waals surface area contributed by atoms with Crippen LogP contribution in [-0.2, 0) is 4.79 Å². The highest BCUT2D eigenvalue weighted by Crippen LogP contribution is 2.41. The highest BCUT2D eigenvalue weighted by atomic mass is 35.5. The molecule has 2 aliphatic rings. The zero-order valence-corrected chi connectivity index (χ0v) is 21.8. The van der Waals surface area contributed by atoms with E-state index in [2.05, 4.69) is 10.3 Å². The lowest BCUT2D eigenvalue weighted by Crippen LogP contribution is -2.36. The minimum Gasteiger partial charge on any atom is -0.359 e. The number of hydrogen-bond acceptors (Lipinski definition) is 3. The van der Waals surface area contributed by atoms with Crippen LogP contribution in [0.4, 0.5) is 15.8 Å². The minimum atomic E-state index is -0.661. The third-order valence-electron chi connectivity index (χ3n) is 7.23. The molecule has 1 aliphatic carbocycles. The number of carbonyl (C=O) groups excluding carboxylic acids is 2. The Morgan fingerprint density at radius 3 is 2.49 bits per heavy atom. The molecular weight excluding hydrogens is 491 g/mol. The largest absolute Gasteiger partial charge is 0.359 e. The van der Waals surface area contributed by atoms with Gasteiger partial charge in [-0.3, -0.25) is 9.59 Å². The number of aryl methyl sites for hydroxylation is 2. The van der Waals surface area contributed by atoms with Gasteiger partial charge in [0.15, 0.2) is 0 Å². The maximum Gasteiger partial charge on any atom is 0.259 e. The average Bonchev–Trinajstić information content (AvgIpc) is 3.30. The van der Waals surface area contributed by atoms with E-state index in [9.17, 15) is 9.59 Å². The Bertz CT molecular complexity index is 1340. The summed E-state index contributed by atoms with van der Waals surface area (Å²) in [6, 6.07) is 14.0. The van der Waals surface area contributed by atoms with Gasteiger partial charge in [-0.25, -0.2) is 4.39 Å². The molecule has 0 atom stereocenters. The van der Waals surface area contributed by atoms with Gasteiger partial charge in [0.2, 0.25) is 0 Å². The van der Waals surface area contributed by atoms with Crippen molar-refractivity contribution in [2.24, 2.45) is 11.7 Å². The van der Waals surface area contributed by atoms with Crippen molar-refractivity contribution in [1.29, 1.82) is 0 Å². The number of halogens is 2. The maximum absolute atomic E-state index is 15.3. The van der Waals surface area contributed by atoms with E-state index in [1.807, 2.05) is 26.0 Å². The van der Waals surface area contributed by atoms with E-state index < -0.39 is 11.7 Å². The molecule has 0 radical (unpaired) electrons. The van der Waals surface area contributed by atoms with Gasteiger partial charge < -0.3 is 20.9 Å². The number of benzene rings is 2. The van der Waals surface area contributed by atoms with Gasteiger partial charge in [0.25, 0.3) is 11.8 Å². The predicted octanol–water partition coefficient (Wildman–Crippen LogP) is 5.85. The Balaban J connectivity index is 0.00000320. The number of fused-ring (bicyclic) bond motifs is 1. The summed E-state index contributed by atoms with van der Waals surface area (Å²) in [5.41, 5.74) is 10.9. The first-order chi connectivity index (χ1) is 17.3. The Hall–Kier alpha value is -3.42. The van der Waals surface area contributed by atoms with Crippen molar-refractivity contribution in [3.05, 3.63) is 82.4 Å². The van der Waals surface area contributed by atoms with Crippen molar-refractivity contribution in [3.63, 3.8) is 0 Å². The molecule has 4 N–H and O–H groups in total. The minimum absolute atomic E-state index is 0. The van der Waals surface area contributed by atoms with Crippen molar-refractivity contribution < 1.29 is 14.0 Å². The number of para-hydroxylation sites is 1. The molecule has 37 heavy (non-hydrogen) atoms. The number of rotatable bonds is 5. The fraction of sp³-hybridized carbons (Fsp3) is 0.310. The summed E-state index contributed by atoms with van der Waals surface area (Å²) >= 11 is 0. The first-order valence-electron chi connectivity index (χ1n) is 12.5. The first-order valence-corrected chi connectivity index (χ1v) is 12.5. The van der Waals surface area contributed by atoms with E-state index in [0.29, 0.717) is 35.0 Å². The van der Waals surface area contributed by atoms with Crippen LogP contribution in [0.25, 0.3) is 11.6 Å². The summed E-state index contributed by atoms with van der Waals surface area (Å²) in [5, 5.41) is 2.75. The van der Waals surface area contributed by atoms with Gasteiger partial charge in [0.1, 0.15) is 5.82 Å². The van der Waals surface area contributed by atoms with Gasteiger partial charge in [-0.05, 0) is 87.4 Å². The third kappa shape index (κ3) is 5.48. The van der Waals surface area contributed by atoms with Gasteiger partial charge in [-0.1, -0.05) is 18.2 Å². The van der Waals surface area contributed by atoms with Gasteiger partial charge in [-0.15, -0.1) is 12.4 Å². The Kier molecular flexibility index (Phi) is 7.85. The maximum atomic E-state index is 15.3. The molecule has 1 aliphatic heterocycles. The van der Waals surface area contributed by atoms with E-state index in [0.717, 1.165) is 42.6 Å². The number of anilines is 2. The number of H-pyrrole nitrogens is 1.